The van der Waals surface area contributed by atoms with Crippen molar-refractivity contribution in [3.05, 3.63) is 21.0 Å². The van der Waals surface area contributed by atoms with Gasteiger partial charge in [0.2, 0.25) is 0 Å². The summed E-state index contributed by atoms with van der Waals surface area (Å²) in [6.07, 6.45) is 0. The van der Waals surface area contributed by atoms with Crippen LogP contribution in [0.25, 0.3) is 0 Å². The van der Waals surface area contributed by atoms with Gasteiger partial charge in [-0.2, -0.15) is 0 Å². The largest absolute Gasteiger partial charge is 0.347 e. The molecule has 7 aliphatic rings. The summed E-state index contributed by atoms with van der Waals surface area (Å²) in [4.78, 5) is 24.9. The van der Waals surface area contributed by atoms with Crippen LogP contribution in [0.2, 0.25) is 0 Å². The van der Waals surface area contributed by atoms with Crippen LogP contribution in [-0.2, 0) is 17.8 Å². The molecule has 7 heteroatoms. The Morgan fingerprint density at radius 2 is 1.50 bits per heavy atom. The van der Waals surface area contributed by atoms with Crippen molar-refractivity contribution in [3.8, 4) is 0 Å². The Morgan fingerprint density at radius 3 is 2.00 bits per heavy atom. The minimum absolute atomic E-state index is 0.115. The van der Waals surface area contributed by atoms with Gasteiger partial charge in [0.05, 0.1) is 12.1 Å². The molecular weight excluding hydrogens is 278 g/mol. The number of rotatable bonds is 0. The summed E-state index contributed by atoms with van der Waals surface area (Å²) in [6, 6.07) is 0.334. The Balaban J connectivity index is 1.69. The zero-order chi connectivity index (χ0) is 13.3. The summed E-state index contributed by atoms with van der Waals surface area (Å²) < 4.78 is 17.0. The van der Waals surface area contributed by atoms with E-state index in [4.69, 9.17) is 0 Å². The van der Waals surface area contributed by atoms with Crippen LogP contribution in [0.1, 0.15) is 12.1 Å². The molecule has 9 atom stereocenters. The lowest BCUT2D eigenvalue weighted by Crippen LogP contribution is -2.52. The van der Waals surface area contributed by atoms with Crippen molar-refractivity contribution in [1.82, 2.24) is 13.9 Å². The Labute approximate surface area is 115 Å². The second-order valence-corrected chi connectivity index (χ2v) is 9.18. The monoisotopic (exact) mass is 291 g/mol. The van der Waals surface area contributed by atoms with Crippen LogP contribution < -0.4 is 11.4 Å². The van der Waals surface area contributed by atoms with Gasteiger partial charge < -0.3 is 0 Å². The number of hydrogen-bond donors (Lipinski definition) is 0. The molecule has 1 aromatic heterocycles. The topological polar surface area (TPSA) is 66.0 Å². The molecule has 2 spiro atoms. The van der Waals surface area contributed by atoms with Crippen LogP contribution in [0.4, 0.5) is 0 Å². The molecule has 1 aromatic rings. The number of aromatic nitrogens is 3. The molecule has 4 saturated carbocycles. The zero-order valence-electron chi connectivity index (χ0n) is 10.9. The molecule has 1 saturated heterocycles. The molecule has 0 aromatic carbocycles. The van der Waals surface area contributed by atoms with Crippen molar-refractivity contribution >= 4 is 10.8 Å². The second-order valence-electron chi connectivity index (χ2n) is 7.72. The first-order chi connectivity index (χ1) is 9.57. The highest BCUT2D eigenvalue weighted by Crippen LogP contribution is 3.03. The van der Waals surface area contributed by atoms with E-state index in [-0.39, 0.29) is 34.3 Å². The van der Waals surface area contributed by atoms with Crippen LogP contribution >= 0.6 is 0 Å². The van der Waals surface area contributed by atoms with E-state index in [0.717, 1.165) is 17.4 Å². The van der Waals surface area contributed by atoms with Gasteiger partial charge in [-0.1, -0.05) is 0 Å². The zero-order valence-corrected chi connectivity index (χ0v) is 11.7. The Kier molecular flexibility index (Phi) is 1.04. The highest BCUT2D eigenvalue weighted by molar-refractivity contribution is 7.85. The molecule has 8 rings (SSSR count). The number of hydrogen-bond acceptors (Lipinski definition) is 3. The molecule has 3 aliphatic heterocycles. The summed E-state index contributed by atoms with van der Waals surface area (Å²) in [6.45, 7) is 0. The molecule has 0 amide bonds. The molecular formula is C13H13N3O3S. The maximum atomic E-state index is 12.5. The van der Waals surface area contributed by atoms with E-state index in [0.29, 0.717) is 17.8 Å². The summed E-state index contributed by atoms with van der Waals surface area (Å²) in [5.41, 5.74) is -0.0984. The predicted molar refractivity (Wildman–Crippen MR) is 68.7 cm³/mol. The summed E-state index contributed by atoms with van der Waals surface area (Å²) in [7, 11) is 0.827. The van der Waals surface area contributed by atoms with Crippen molar-refractivity contribution in [2.24, 2.45) is 41.5 Å². The third-order valence-electron chi connectivity index (χ3n) is 7.78. The van der Waals surface area contributed by atoms with Crippen molar-refractivity contribution < 1.29 is 4.21 Å². The molecule has 2 bridgehead atoms. The van der Waals surface area contributed by atoms with Crippen LogP contribution in [0.5, 0.6) is 0 Å². The lowest BCUT2D eigenvalue weighted by atomic mass is 9.73. The first-order valence-electron chi connectivity index (χ1n) is 7.32. The van der Waals surface area contributed by atoms with E-state index in [9.17, 15) is 13.8 Å². The summed E-state index contributed by atoms with van der Waals surface area (Å²) in [5, 5.41) is 0. The van der Waals surface area contributed by atoms with Gasteiger partial charge in [0.25, 0.3) is 0 Å². The Morgan fingerprint density at radius 1 is 1.00 bits per heavy atom. The molecule has 3 unspecified atom stereocenters. The highest BCUT2D eigenvalue weighted by atomic mass is 32.2. The van der Waals surface area contributed by atoms with Crippen LogP contribution in [0.15, 0.2) is 9.59 Å². The van der Waals surface area contributed by atoms with Crippen molar-refractivity contribution in [2.75, 3.05) is 11.5 Å². The third kappa shape index (κ3) is 0.528. The van der Waals surface area contributed by atoms with E-state index in [1.165, 1.54) is 4.57 Å². The normalized spacial score (nSPS) is 64.3. The lowest BCUT2D eigenvalue weighted by molar-refractivity contribution is 0.0280. The van der Waals surface area contributed by atoms with Crippen LogP contribution in [-0.4, -0.2) is 29.6 Å². The van der Waals surface area contributed by atoms with Crippen molar-refractivity contribution in [3.63, 3.8) is 0 Å². The number of nitrogens with zero attached hydrogens (tertiary/aromatic N) is 3. The molecule has 0 N–H and O–H groups in total. The standard InChI is InChI=1S/C13H13N3O3S/c1-14-10(17)15-8-5-4-6(5)9(16(15)11(14)18)13-3-20(19)2-12(8,13)7(4)13/h4-9H,2-3H2,1H3/t4?,5-,6+,7?,8+,9-,12+,13-,20?. The molecule has 20 heavy (non-hydrogen) atoms. The van der Waals surface area contributed by atoms with E-state index in [2.05, 4.69) is 0 Å². The SMILES string of the molecule is Cn1c(=O)n2n(c1=O)[C@@H]1[C@H]3C4C5[C@@]6(CS(=O)C[C@@]516)[C@@H]2[C@H]43. The Bertz CT molecular complexity index is 843. The van der Waals surface area contributed by atoms with Gasteiger partial charge in [-0.05, 0) is 23.7 Å². The minimum atomic E-state index is -0.752. The maximum absolute atomic E-state index is 12.5. The van der Waals surface area contributed by atoms with Crippen molar-refractivity contribution in [1.29, 1.82) is 0 Å². The maximum Gasteiger partial charge on any atom is 0.347 e. The summed E-state index contributed by atoms with van der Waals surface area (Å²) in [5.74, 6) is 4.12. The molecule has 6 nitrogen and oxygen atoms in total. The fraction of sp³-hybridized carbons (Fsp3) is 0.846. The molecule has 104 valence electrons. The first kappa shape index (κ1) is 9.76. The van der Waals surface area contributed by atoms with Crippen molar-refractivity contribution in [2.45, 2.75) is 12.1 Å². The molecule has 5 fully saturated rings. The fourth-order valence-electron chi connectivity index (χ4n) is 7.69. The molecule has 4 heterocycles. The average Bonchev–Trinajstić information content (AvgIpc) is 3.04. The van der Waals surface area contributed by atoms with Gasteiger partial charge in [-0.3, -0.25) is 4.21 Å². The lowest BCUT2D eigenvalue weighted by Gasteiger charge is -2.45. The minimum Gasteiger partial charge on any atom is -0.260 e. The van der Waals surface area contributed by atoms with Gasteiger partial charge in [-0.15, -0.1) is 0 Å². The van der Waals surface area contributed by atoms with Gasteiger partial charge in [0.1, 0.15) is 0 Å². The quantitative estimate of drug-likeness (QED) is 0.597. The molecule has 0 radical (unpaired) electrons. The van der Waals surface area contributed by atoms with Gasteiger partial charge in [0, 0.05) is 40.2 Å². The van der Waals surface area contributed by atoms with Crippen LogP contribution in [0.3, 0.4) is 0 Å². The second kappa shape index (κ2) is 2.14. The predicted octanol–water partition coefficient (Wildman–Crippen LogP) is -1.30. The van der Waals surface area contributed by atoms with E-state index >= 15 is 0 Å². The highest BCUT2D eigenvalue weighted by Gasteiger charge is 3.04. The van der Waals surface area contributed by atoms with E-state index < -0.39 is 10.8 Å². The van der Waals surface area contributed by atoms with Gasteiger partial charge >= 0.3 is 11.4 Å². The Hall–Kier alpha value is -1.11. The van der Waals surface area contributed by atoms with E-state index in [1.807, 2.05) is 0 Å². The van der Waals surface area contributed by atoms with Crippen LogP contribution in [0, 0.1) is 34.5 Å². The van der Waals surface area contributed by atoms with Gasteiger partial charge in [-0.25, -0.2) is 23.5 Å². The first-order valence-corrected chi connectivity index (χ1v) is 8.81. The average molecular weight is 291 g/mol. The third-order valence-corrected chi connectivity index (χ3v) is 9.38. The fourth-order valence-corrected chi connectivity index (χ4v) is 10.1. The van der Waals surface area contributed by atoms with Gasteiger partial charge in [0.15, 0.2) is 0 Å². The smallest absolute Gasteiger partial charge is 0.260 e. The molecule has 4 aliphatic carbocycles. The van der Waals surface area contributed by atoms with E-state index in [1.54, 1.807) is 16.4 Å². The summed E-state index contributed by atoms with van der Waals surface area (Å²) >= 11 is 0.